The summed E-state index contributed by atoms with van der Waals surface area (Å²) in [7, 11) is 1.57. The van der Waals surface area contributed by atoms with Crippen molar-refractivity contribution in [1.29, 1.82) is 0 Å². The summed E-state index contributed by atoms with van der Waals surface area (Å²) in [5.74, 6) is 2.63. The molecule has 7 nitrogen and oxygen atoms in total. The monoisotopic (exact) mass is 431 g/mol. The van der Waals surface area contributed by atoms with Crippen LogP contribution in [-0.4, -0.2) is 60.1 Å². The lowest BCUT2D eigenvalue weighted by Gasteiger charge is -2.38. The fraction of sp³-hybridized carbons (Fsp3) is 0.500. The van der Waals surface area contributed by atoms with Crippen molar-refractivity contribution in [3.8, 4) is 5.75 Å². The maximum atomic E-state index is 12.8. The molecule has 30 heavy (non-hydrogen) atoms. The third-order valence-corrected chi connectivity index (χ3v) is 5.59. The van der Waals surface area contributed by atoms with Crippen LogP contribution in [0.5, 0.6) is 5.75 Å². The smallest absolute Gasteiger partial charge is 0.241 e. The molecule has 1 atom stereocenters. The Morgan fingerprint density at radius 1 is 1.13 bits per heavy atom. The fourth-order valence-electron chi connectivity index (χ4n) is 3.51. The van der Waals surface area contributed by atoms with Crippen LogP contribution in [-0.2, 0) is 4.79 Å². The van der Waals surface area contributed by atoms with Gasteiger partial charge in [-0.1, -0.05) is 25.4 Å². The molecule has 3 rings (SSSR count). The third kappa shape index (κ3) is 5.21. The third-order valence-electron chi connectivity index (χ3n) is 5.36. The maximum absolute atomic E-state index is 12.8. The number of carbonyl (C=O) groups excluding carboxylic acids is 1. The summed E-state index contributed by atoms with van der Waals surface area (Å²) in [6.45, 7) is 11.3. The number of aryl methyl sites for hydroxylation is 1. The zero-order chi connectivity index (χ0) is 21.8. The summed E-state index contributed by atoms with van der Waals surface area (Å²) in [6.07, 6.45) is 0. The van der Waals surface area contributed by atoms with Gasteiger partial charge in [-0.2, -0.15) is 0 Å². The molecule has 1 unspecified atom stereocenters. The Morgan fingerprint density at radius 3 is 2.47 bits per heavy atom. The van der Waals surface area contributed by atoms with E-state index in [4.69, 9.17) is 21.3 Å². The summed E-state index contributed by atoms with van der Waals surface area (Å²) < 4.78 is 5.32. The molecule has 1 aromatic carbocycles. The summed E-state index contributed by atoms with van der Waals surface area (Å²) >= 11 is 6.07. The lowest BCUT2D eigenvalue weighted by Crippen LogP contribution is -2.53. The first-order valence-corrected chi connectivity index (χ1v) is 10.6. The Morgan fingerprint density at radius 2 is 1.83 bits per heavy atom. The van der Waals surface area contributed by atoms with Crippen LogP contribution in [0.25, 0.3) is 0 Å². The molecule has 1 aliphatic rings. The van der Waals surface area contributed by atoms with Gasteiger partial charge in [0.1, 0.15) is 17.4 Å². The zero-order valence-corrected chi connectivity index (χ0v) is 19.0. The molecule has 0 saturated carbocycles. The predicted molar refractivity (Wildman–Crippen MR) is 121 cm³/mol. The van der Waals surface area contributed by atoms with Gasteiger partial charge in [0.15, 0.2) is 0 Å². The SMILES string of the molecule is COc1ccc(Cl)cc1NC(=O)C(C)N1CCN(c2cc(C)nc(C(C)C)n2)CC1. The number of nitrogens with one attached hydrogen (secondary N) is 1. The van der Waals surface area contributed by atoms with Gasteiger partial charge in [0.05, 0.1) is 18.8 Å². The van der Waals surface area contributed by atoms with E-state index in [1.807, 2.05) is 19.9 Å². The molecular formula is C22H30ClN5O2. The van der Waals surface area contributed by atoms with Crippen LogP contribution in [0.2, 0.25) is 5.02 Å². The highest BCUT2D eigenvalue weighted by molar-refractivity contribution is 6.31. The first-order chi connectivity index (χ1) is 14.3. The molecule has 1 saturated heterocycles. The van der Waals surface area contributed by atoms with Crippen molar-refractivity contribution < 1.29 is 9.53 Å². The lowest BCUT2D eigenvalue weighted by molar-refractivity contribution is -0.120. The number of carbonyl (C=O) groups is 1. The minimum Gasteiger partial charge on any atom is -0.495 e. The van der Waals surface area contributed by atoms with Gasteiger partial charge in [-0.25, -0.2) is 9.97 Å². The Labute approximate surface area is 183 Å². The molecule has 0 bridgehead atoms. The van der Waals surface area contributed by atoms with E-state index < -0.39 is 0 Å². The minimum atomic E-state index is -0.269. The number of halogens is 1. The van der Waals surface area contributed by atoms with Crippen molar-refractivity contribution >= 4 is 29.0 Å². The number of amides is 1. The van der Waals surface area contributed by atoms with Gasteiger partial charge in [-0.15, -0.1) is 0 Å². The van der Waals surface area contributed by atoms with Crippen molar-refractivity contribution in [3.05, 3.63) is 40.8 Å². The topological polar surface area (TPSA) is 70.6 Å². The largest absolute Gasteiger partial charge is 0.495 e. The van der Waals surface area contributed by atoms with Crippen LogP contribution >= 0.6 is 11.6 Å². The van der Waals surface area contributed by atoms with Gasteiger partial charge in [0, 0.05) is 48.9 Å². The molecule has 0 radical (unpaired) electrons. The number of hydrogen-bond acceptors (Lipinski definition) is 6. The van der Waals surface area contributed by atoms with E-state index in [1.54, 1.807) is 25.3 Å². The zero-order valence-electron chi connectivity index (χ0n) is 18.3. The van der Waals surface area contributed by atoms with Crippen LogP contribution in [0.4, 0.5) is 11.5 Å². The van der Waals surface area contributed by atoms with Crippen molar-refractivity contribution in [2.75, 3.05) is 43.5 Å². The van der Waals surface area contributed by atoms with Gasteiger partial charge in [0.2, 0.25) is 5.91 Å². The summed E-state index contributed by atoms with van der Waals surface area (Å²) in [4.78, 5) is 26.5. The molecule has 1 N–H and O–H groups in total. The molecule has 1 aromatic heterocycles. The Kier molecular flexibility index (Phi) is 7.15. The van der Waals surface area contributed by atoms with Crippen molar-refractivity contribution in [3.63, 3.8) is 0 Å². The first kappa shape index (κ1) is 22.3. The number of aromatic nitrogens is 2. The standard InChI is InChI=1S/C22H30ClN5O2/c1-14(2)21-24-15(3)12-20(26-21)28-10-8-27(9-11-28)16(4)22(29)25-18-13-17(23)6-7-19(18)30-5/h6-7,12-14,16H,8-11H2,1-5H3,(H,25,29). The molecule has 162 valence electrons. The van der Waals surface area contributed by atoms with E-state index in [0.29, 0.717) is 16.5 Å². The van der Waals surface area contributed by atoms with Crippen LogP contribution < -0.4 is 15.0 Å². The molecular weight excluding hydrogens is 402 g/mol. The van der Waals surface area contributed by atoms with Gasteiger partial charge >= 0.3 is 0 Å². The molecule has 2 heterocycles. The van der Waals surface area contributed by atoms with Gasteiger partial charge in [0.25, 0.3) is 0 Å². The predicted octanol–water partition coefficient (Wildman–Crippen LogP) is 3.72. The Hall–Kier alpha value is -2.38. The molecule has 1 amide bonds. The molecule has 1 fully saturated rings. The van der Waals surface area contributed by atoms with E-state index in [9.17, 15) is 4.79 Å². The number of anilines is 2. The Balaban J connectivity index is 1.62. The molecule has 8 heteroatoms. The molecule has 2 aromatic rings. The number of nitrogens with zero attached hydrogens (tertiary/aromatic N) is 4. The molecule has 0 spiro atoms. The number of hydrogen-bond donors (Lipinski definition) is 1. The number of benzene rings is 1. The Bertz CT molecular complexity index is 897. The second-order valence-corrected chi connectivity index (χ2v) is 8.35. The number of piperazine rings is 1. The second-order valence-electron chi connectivity index (χ2n) is 7.91. The van der Waals surface area contributed by atoms with Crippen LogP contribution in [0.15, 0.2) is 24.3 Å². The normalized spacial score (nSPS) is 15.9. The molecule has 1 aliphatic heterocycles. The van der Waals surface area contributed by atoms with Gasteiger partial charge in [-0.05, 0) is 32.0 Å². The van der Waals surface area contributed by atoms with Crippen molar-refractivity contribution in [2.45, 2.75) is 39.7 Å². The van der Waals surface area contributed by atoms with Crippen molar-refractivity contribution in [1.82, 2.24) is 14.9 Å². The highest BCUT2D eigenvalue weighted by Gasteiger charge is 2.27. The van der Waals surface area contributed by atoms with Gasteiger partial charge in [-0.3, -0.25) is 9.69 Å². The fourth-order valence-corrected chi connectivity index (χ4v) is 3.69. The number of rotatable bonds is 6. The van der Waals surface area contributed by atoms with Crippen LogP contribution in [0, 0.1) is 6.92 Å². The number of ether oxygens (including phenoxy) is 1. The van der Waals surface area contributed by atoms with E-state index in [-0.39, 0.29) is 17.9 Å². The number of methoxy groups -OCH3 is 1. The maximum Gasteiger partial charge on any atom is 0.241 e. The van der Waals surface area contributed by atoms with E-state index >= 15 is 0 Å². The van der Waals surface area contributed by atoms with E-state index in [2.05, 4.69) is 33.9 Å². The average Bonchev–Trinajstić information content (AvgIpc) is 2.73. The van der Waals surface area contributed by atoms with E-state index in [0.717, 1.165) is 43.5 Å². The van der Waals surface area contributed by atoms with Crippen LogP contribution in [0.3, 0.4) is 0 Å². The highest BCUT2D eigenvalue weighted by Crippen LogP contribution is 2.28. The quantitative estimate of drug-likeness (QED) is 0.751. The highest BCUT2D eigenvalue weighted by atomic mass is 35.5. The minimum absolute atomic E-state index is 0.0796. The average molecular weight is 432 g/mol. The first-order valence-electron chi connectivity index (χ1n) is 10.3. The van der Waals surface area contributed by atoms with E-state index in [1.165, 1.54) is 0 Å². The summed E-state index contributed by atoms with van der Waals surface area (Å²) in [5, 5.41) is 3.49. The summed E-state index contributed by atoms with van der Waals surface area (Å²) in [5.41, 5.74) is 1.56. The summed E-state index contributed by atoms with van der Waals surface area (Å²) in [6, 6.07) is 6.94. The second kappa shape index (κ2) is 9.62. The van der Waals surface area contributed by atoms with Crippen LogP contribution in [0.1, 0.15) is 38.2 Å². The lowest BCUT2D eigenvalue weighted by atomic mass is 10.2. The van der Waals surface area contributed by atoms with Crippen molar-refractivity contribution in [2.24, 2.45) is 0 Å². The molecule has 0 aliphatic carbocycles. The van der Waals surface area contributed by atoms with Gasteiger partial charge < -0.3 is 15.0 Å².